The fraction of sp³-hybridized carbons (Fsp3) is 0.463. The summed E-state index contributed by atoms with van der Waals surface area (Å²) in [4.78, 5) is 70.8. The summed E-state index contributed by atoms with van der Waals surface area (Å²) in [7, 11) is 0. The third-order valence-corrected chi connectivity index (χ3v) is 12.2. The molecule has 4 aliphatic heterocycles. The number of hydrogen-bond donors (Lipinski definition) is 2. The van der Waals surface area contributed by atoms with Crippen LogP contribution in [-0.4, -0.2) is 114 Å². The van der Waals surface area contributed by atoms with E-state index in [2.05, 4.69) is 30.6 Å². The molecule has 8 rings (SSSR count). The van der Waals surface area contributed by atoms with Crippen LogP contribution in [0.1, 0.15) is 88.1 Å². The van der Waals surface area contributed by atoms with Crippen LogP contribution in [0.25, 0.3) is 0 Å². The highest BCUT2D eigenvalue weighted by atomic mass is 35.5. The van der Waals surface area contributed by atoms with Crippen molar-refractivity contribution in [3.8, 4) is 11.8 Å². The lowest BCUT2D eigenvalue weighted by Crippen LogP contribution is -2.54. The third-order valence-electron chi connectivity index (χ3n) is 11.9. The van der Waals surface area contributed by atoms with Crippen molar-refractivity contribution in [2.45, 2.75) is 69.6 Å². The number of amides is 5. The van der Waals surface area contributed by atoms with E-state index in [1.54, 1.807) is 30.3 Å². The van der Waals surface area contributed by atoms with Gasteiger partial charge in [0.05, 0.1) is 27.8 Å². The van der Waals surface area contributed by atoms with Crippen LogP contribution in [-0.2, 0) is 9.59 Å². The molecule has 5 amide bonds. The molecule has 1 atom stereocenters. The van der Waals surface area contributed by atoms with Crippen molar-refractivity contribution in [3.63, 3.8) is 0 Å². The SMILES string of the molecule is N#Cc1ccc(O[C@H]2CC[C@H](NC(=O)c3ccc(N4CCC(CN5CCN(c6cc(F)c7c(c6)C(=O)N(C6CCC(=O)NC6=O)C7=O)CC5)CC4)nn3)CC2)cc1Cl. The first-order valence-corrected chi connectivity index (χ1v) is 20.2. The van der Waals surface area contributed by atoms with Gasteiger partial charge in [0.2, 0.25) is 11.8 Å². The predicted molar refractivity (Wildman–Crippen MR) is 209 cm³/mol. The molecule has 4 fully saturated rings. The summed E-state index contributed by atoms with van der Waals surface area (Å²) in [6.07, 6.45) is 5.05. The molecule has 0 bridgehead atoms. The van der Waals surface area contributed by atoms with Crippen molar-refractivity contribution in [3.05, 3.63) is 75.7 Å². The predicted octanol–water partition coefficient (Wildman–Crippen LogP) is 3.70. The molecule has 3 aromatic rings. The zero-order valence-electron chi connectivity index (χ0n) is 31.8. The molecule has 5 heterocycles. The van der Waals surface area contributed by atoms with E-state index in [1.165, 1.54) is 6.07 Å². The number of nitriles is 1. The molecular weight excluding hydrogens is 769 g/mol. The average Bonchev–Trinajstić information content (AvgIpc) is 3.48. The Kier molecular flexibility index (Phi) is 11.3. The zero-order valence-corrected chi connectivity index (χ0v) is 32.5. The Morgan fingerprint density at radius 1 is 0.897 bits per heavy atom. The normalized spacial score (nSPS) is 23.1. The Morgan fingerprint density at radius 2 is 1.66 bits per heavy atom. The van der Waals surface area contributed by atoms with Gasteiger partial charge in [-0.3, -0.25) is 39.1 Å². The Balaban J connectivity index is 0.763. The maximum atomic E-state index is 15.4. The number of ether oxygens (including phenoxy) is 1. The fourth-order valence-corrected chi connectivity index (χ4v) is 8.88. The van der Waals surface area contributed by atoms with E-state index in [0.29, 0.717) is 41.0 Å². The van der Waals surface area contributed by atoms with E-state index in [1.807, 2.05) is 17.0 Å². The number of rotatable bonds is 9. The highest BCUT2D eigenvalue weighted by Gasteiger charge is 2.46. The molecule has 15 nitrogen and oxygen atoms in total. The molecule has 1 saturated carbocycles. The molecule has 302 valence electrons. The lowest BCUT2D eigenvalue weighted by atomic mass is 9.93. The van der Waals surface area contributed by atoms with Crippen LogP contribution in [0.2, 0.25) is 5.02 Å². The van der Waals surface area contributed by atoms with Crippen LogP contribution in [0.5, 0.6) is 5.75 Å². The van der Waals surface area contributed by atoms with Crippen molar-refractivity contribution < 1.29 is 33.1 Å². The van der Waals surface area contributed by atoms with Gasteiger partial charge >= 0.3 is 0 Å². The lowest BCUT2D eigenvalue weighted by Gasteiger charge is -2.39. The fourth-order valence-electron chi connectivity index (χ4n) is 8.67. The molecule has 2 aromatic carbocycles. The van der Waals surface area contributed by atoms with Crippen molar-refractivity contribution in [2.75, 3.05) is 55.6 Å². The van der Waals surface area contributed by atoms with Crippen LogP contribution in [0.15, 0.2) is 42.5 Å². The Labute approximate surface area is 339 Å². The molecule has 17 heteroatoms. The summed E-state index contributed by atoms with van der Waals surface area (Å²) >= 11 is 6.14. The largest absolute Gasteiger partial charge is 0.490 e. The zero-order chi connectivity index (χ0) is 40.5. The number of anilines is 2. The van der Waals surface area contributed by atoms with Crippen LogP contribution in [0, 0.1) is 23.1 Å². The van der Waals surface area contributed by atoms with Crippen LogP contribution < -0.4 is 25.2 Å². The van der Waals surface area contributed by atoms with Gasteiger partial charge in [-0.15, -0.1) is 10.2 Å². The van der Waals surface area contributed by atoms with Crippen LogP contribution in [0.3, 0.4) is 0 Å². The monoisotopic (exact) mass is 811 g/mol. The molecule has 2 N–H and O–H groups in total. The summed E-state index contributed by atoms with van der Waals surface area (Å²) in [6, 6.07) is 12.4. The van der Waals surface area contributed by atoms with E-state index in [0.717, 1.165) is 82.0 Å². The first-order valence-electron chi connectivity index (χ1n) is 19.8. The second-order valence-electron chi connectivity index (χ2n) is 15.6. The number of carbonyl (C=O) groups is 5. The van der Waals surface area contributed by atoms with Gasteiger partial charge in [-0.2, -0.15) is 5.26 Å². The smallest absolute Gasteiger partial charge is 0.272 e. The number of piperazine rings is 1. The minimum absolute atomic E-state index is 0.00639. The number of fused-ring (bicyclic) bond motifs is 1. The van der Waals surface area contributed by atoms with E-state index in [9.17, 15) is 24.0 Å². The lowest BCUT2D eigenvalue weighted by molar-refractivity contribution is -0.136. The standard InChI is InChI=1S/C41H43ClFN9O6/c42-31-21-29(4-1-25(31)22-44)58-28-5-2-26(3-6-28)45-38(54)33-7-9-35(48-47-33)51-13-11-24(12-14-51)23-49-15-17-50(18-16-49)27-19-30-37(32(43)20-27)41(57)52(40(30)56)34-8-10-36(53)46-39(34)55/h1,4,7,9,19-21,24,26,28,34H,2-3,5-6,8,10-18,23H2,(H,45,54)(H,46,53,55)/t26-,28-,34?. The average molecular weight is 812 g/mol. The van der Waals surface area contributed by atoms with Gasteiger partial charge in [0.25, 0.3) is 17.7 Å². The van der Waals surface area contributed by atoms with E-state index >= 15 is 4.39 Å². The minimum atomic E-state index is -1.15. The number of piperidine rings is 2. The summed E-state index contributed by atoms with van der Waals surface area (Å²) < 4.78 is 21.4. The molecule has 0 radical (unpaired) electrons. The molecule has 1 unspecified atom stereocenters. The molecular formula is C41H43ClFN9O6. The first-order chi connectivity index (χ1) is 28.0. The highest BCUT2D eigenvalue weighted by Crippen LogP contribution is 2.34. The maximum Gasteiger partial charge on any atom is 0.272 e. The molecule has 58 heavy (non-hydrogen) atoms. The van der Waals surface area contributed by atoms with Gasteiger partial charge in [0.15, 0.2) is 11.5 Å². The Morgan fingerprint density at radius 3 is 2.33 bits per heavy atom. The highest BCUT2D eigenvalue weighted by molar-refractivity contribution is 6.31. The summed E-state index contributed by atoms with van der Waals surface area (Å²) in [6.45, 7) is 5.33. The minimum Gasteiger partial charge on any atom is -0.490 e. The van der Waals surface area contributed by atoms with Crippen molar-refractivity contribution >= 4 is 52.6 Å². The van der Waals surface area contributed by atoms with Gasteiger partial charge in [-0.1, -0.05) is 11.6 Å². The van der Waals surface area contributed by atoms with Crippen LogP contribution in [0.4, 0.5) is 15.9 Å². The first kappa shape index (κ1) is 39.2. The van der Waals surface area contributed by atoms with E-state index in [-0.39, 0.29) is 47.7 Å². The number of halogens is 2. The van der Waals surface area contributed by atoms with Crippen molar-refractivity contribution in [2.24, 2.45) is 5.92 Å². The second kappa shape index (κ2) is 16.7. The number of carbonyl (C=O) groups excluding carboxylic acids is 5. The van der Waals surface area contributed by atoms with Crippen molar-refractivity contribution in [1.82, 2.24) is 30.6 Å². The van der Waals surface area contributed by atoms with E-state index < -0.39 is 35.5 Å². The van der Waals surface area contributed by atoms with Gasteiger partial charge in [-0.05, 0) is 87.3 Å². The van der Waals surface area contributed by atoms with Crippen LogP contribution >= 0.6 is 11.6 Å². The van der Waals surface area contributed by atoms with Gasteiger partial charge < -0.3 is 19.9 Å². The summed E-state index contributed by atoms with van der Waals surface area (Å²) in [5.41, 5.74) is 0.808. The van der Waals surface area contributed by atoms with Gasteiger partial charge in [0, 0.05) is 70.0 Å². The third kappa shape index (κ3) is 8.19. The molecule has 1 aromatic heterocycles. The number of benzene rings is 2. The Hall–Kier alpha value is -5.66. The number of nitrogens with one attached hydrogen (secondary N) is 2. The molecule has 5 aliphatic rings. The number of aromatic nitrogens is 2. The van der Waals surface area contributed by atoms with Gasteiger partial charge in [-0.25, -0.2) is 4.39 Å². The van der Waals surface area contributed by atoms with Gasteiger partial charge in [0.1, 0.15) is 23.7 Å². The van der Waals surface area contributed by atoms with Crippen molar-refractivity contribution in [1.29, 1.82) is 5.26 Å². The quantitative estimate of drug-likeness (QED) is 0.300. The molecule has 1 aliphatic carbocycles. The maximum absolute atomic E-state index is 15.4. The number of imide groups is 2. The second-order valence-corrected chi connectivity index (χ2v) is 16.0. The van der Waals surface area contributed by atoms with E-state index in [4.69, 9.17) is 21.6 Å². The Bertz CT molecular complexity index is 2160. The number of hydrogen-bond acceptors (Lipinski definition) is 12. The topological polar surface area (TPSA) is 181 Å². The number of nitrogens with zero attached hydrogens (tertiary/aromatic N) is 7. The summed E-state index contributed by atoms with van der Waals surface area (Å²) in [5, 5.41) is 23.3. The summed E-state index contributed by atoms with van der Waals surface area (Å²) in [5.74, 6) is -1.97. The molecule has 0 spiro atoms. The molecule has 3 saturated heterocycles.